The summed E-state index contributed by atoms with van der Waals surface area (Å²) >= 11 is 1.81. The molecule has 1 atom stereocenters. The predicted molar refractivity (Wildman–Crippen MR) is 84.2 cm³/mol. The van der Waals surface area contributed by atoms with Crippen molar-refractivity contribution in [1.82, 2.24) is 19.9 Å². The van der Waals surface area contributed by atoms with E-state index in [1.54, 1.807) is 0 Å². The smallest absolute Gasteiger partial charge is 0.108 e. The number of aromatic nitrogens is 3. The molecule has 0 radical (unpaired) electrons. The van der Waals surface area contributed by atoms with Gasteiger partial charge in [-0.3, -0.25) is 0 Å². The molecule has 0 amide bonds. The van der Waals surface area contributed by atoms with Crippen LogP contribution in [-0.2, 0) is 13.5 Å². The molecule has 4 nitrogen and oxygen atoms in total. The van der Waals surface area contributed by atoms with E-state index in [0.717, 1.165) is 36.6 Å². The quantitative estimate of drug-likeness (QED) is 0.852. The third kappa shape index (κ3) is 3.67. The normalized spacial score (nSPS) is 12.8. The lowest BCUT2D eigenvalue weighted by Crippen LogP contribution is -2.23. The fraction of sp³-hybridized carbons (Fsp3) is 0.600. The van der Waals surface area contributed by atoms with E-state index in [2.05, 4.69) is 47.7 Å². The van der Waals surface area contributed by atoms with Gasteiger partial charge in [-0.05, 0) is 33.2 Å². The van der Waals surface area contributed by atoms with Gasteiger partial charge in [0.25, 0.3) is 0 Å². The summed E-state index contributed by atoms with van der Waals surface area (Å²) in [5.41, 5.74) is 1.17. The van der Waals surface area contributed by atoms with Crippen LogP contribution in [0, 0.1) is 13.8 Å². The van der Waals surface area contributed by atoms with Crippen LogP contribution in [0.1, 0.15) is 47.2 Å². The number of nitrogens with one attached hydrogen (secondary N) is 1. The minimum atomic E-state index is 0.387. The van der Waals surface area contributed by atoms with Crippen LogP contribution < -0.4 is 5.32 Å². The first kappa shape index (κ1) is 15.2. The van der Waals surface area contributed by atoms with E-state index >= 15 is 0 Å². The number of hydrogen-bond donors (Lipinski definition) is 1. The number of hydrogen-bond acceptors (Lipinski definition) is 4. The second-order valence-corrected chi connectivity index (χ2v) is 6.42. The van der Waals surface area contributed by atoms with Crippen LogP contribution in [0.25, 0.3) is 0 Å². The average molecular weight is 292 g/mol. The van der Waals surface area contributed by atoms with E-state index in [4.69, 9.17) is 0 Å². The summed E-state index contributed by atoms with van der Waals surface area (Å²) in [5.74, 6) is 1.15. The summed E-state index contributed by atoms with van der Waals surface area (Å²) < 4.78 is 2.10. The van der Waals surface area contributed by atoms with Gasteiger partial charge in [0.2, 0.25) is 0 Å². The Hall–Kier alpha value is -1.20. The number of rotatable bonds is 7. The van der Waals surface area contributed by atoms with Gasteiger partial charge in [0.1, 0.15) is 5.82 Å². The Morgan fingerprint density at radius 3 is 2.75 bits per heavy atom. The largest absolute Gasteiger partial charge is 0.338 e. The third-order valence-corrected chi connectivity index (χ3v) is 4.66. The van der Waals surface area contributed by atoms with Crippen LogP contribution in [0.3, 0.4) is 0 Å². The lowest BCUT2D eigenvalue weighted by atomic mass is 10.1. The van der Waals surface area contributed by atoms with Gasteiger partial charge in [-0.1, -0.05) is 6.92 Å². The lowest BCUT2D eigenvalue weighted by molar-refractivity contribution is 0.495. The molecule has 0 aliphatic heterocycles. The lowest BCUT2D eigenvalue weighted by Gasteiger charge is -2.17. The Kier molecular flexibility index (Phi) is 5.31. The van der Waals surface area contributed by atoms with Gasteiger partial charge < -0.3 is 9.88 Å². The summed E-state index contributed by atoms with van der Waals surface area (Å²) in [6.07, 6.45) is 7.07. The van der Waals surface area contributed by atoms with Crippen molar-refractivity contribution >= 4 is 11.3 Å². The second-order valence-electron chi connectivity index (χ2n) is 5.18. The highest BCUT2D eigenvalue weighted by molar-refractivity contribution is 7.11. The minimum absolute atomic E-state index is 0.387. The standard InChI is InChI=1S/C15H24N4S/c1-5-8-16-13(15-11(2)18-12(3)20-15)6-7-14-17-9-10-19(14)4/h9-10,13,16H,5-8H2,1-4H3. The molecule has 0 aliphatic rings. The minimum Gasteiger partial charge on any atom is -0.338 e. The topological polar surface area (TPSA) is 42.7 Å². The molecule has 1 N–H and O–H groups in total. The second kappa shape index (κ2) is 6.99. The highest BCUT2D eigenvalue weighted by Gasteiger charge is 2.17. The van der Waals surface area contributed by atoms with Crippen molar-refractivity contribution in [2.75, 3.05) is 6.54 Å². The van der Waals surface area contributed by atoms with Crippen LogP contribution in [0.5, 0.6) is 0 Å². The number of aryl methyl sites for hydroxylation is 4. The van der Waals surface area contributed by atoms with Gasteiger partial charge in [0.15, 0.2) is 0 Å². The molecule has 0 saturated carbocycles. The fourth-order valence-electron chi connectivity index (χ4n) is 2.43. The molecule has 0 aromatic carbocycles. The third-order valence-electron chi connectivity index (χ3n) is 3.47. The van der Waals surface area contributed by atoms with E-state index in [1.807, 2.05) is 23.7 Å². The van der Waals surface area contributed by atoms with E-state index in [1.165, 1.54) is 10.6 Å². The van der Waals surface area contributed by atoms with Crippen molar-refractivity contribution in [3.05, 3.63) is 33.8 Å². The van der Waals surface area contributed by atoms with Crippen LogP contribution in [-0.4, -0.2) is 21.1 Å². The van der Waals surface area contributed by atoms with Crippen LogP contribution in [0.4, 0.5) is 0 Å². The monoisotopic (exact) mass is 292 g/mol. The number of thiazole rings is 1. The van der Waals surface area contributed by atoms with Gasteiger partial charge in [0, 0.05) is 36.8 Å². The van der Waals surface area contributed by atoms with E-state index in [0.29, 0.717) is 6.04 Å². The predicted octanol–water partition coefficient (Wildman–Crippen LogP) is 3.17. The Bertz CT molecular complexity index is 544. The highest BCUT2D eigenvalue weighted by atomic mass is 32.1. The summed E-state index contributed by atoms with van der Waals surface area (Å²) in [7, 11) is 2.05. The Morgan fingerprint density at radius 2 is 2.20 bits per heavy atom. The molecule has 1 unspecified atom stereocenters. The summed E-state index contributed by atoms with van der Waals surface area (Å²) in [4.78, 5) is 10.4. The summed E-state index contributed by atoms with van der Waals surface area (Å²) in [6.45, 7) is 7.44. The molecule has 20 heavy (non-hydrogen) atoms. The molecule has 5 heteroatoms. The molecule has 110 valence electrons. The van der Waals surface area contributed by atoms with E-state index < -0.39 is 0 Å². The molecule has 0 bridgehead atoms. The molecule has 2 aromatic rings. The molecular formula is C15H24N4S. The first-order chi connectivity index (χ1) is 9.61. The van der Waals surface area contributed by atoms with Crippen LogP contribution >= 0.6 is 11.3 Å². The molecule has 0 aliphatic carbocycles. The number of nitrogens with zero attached hydrogens (tertiary/aromatic N) is 3. The molecule has 0 saturated heterocycles. The van der Waals surface area contributed by atoms with Gasteiger partial charge >= 0.3 is 0 Å². The van der Waals surface area contributed by atoms with Crippen molar-refractivity contribution in [3.8, 4) is 0 Å². The van der Waals surface area contributed by atoms with Gasteiger partial charge in [-0.15, -0.1) is 11.3 Å². The first-order valence-electron chi connectivity index (χ1n) is 7.25. The molecule has 0 spiro atoms. The SMILES string of the molecule is CCCNC(CCc1nccn1C)c1sc(C)nc1C. The zero-order chi connectivity index (χ0) is 14.5. The highest BCUT2D eigenvalue weighted by Crippen LogP contribution is 2.28. The molecule has 2 heterocycles. The van der Waals surface area contributed by atoms with Crippen LogP contribution in [0.15, 0.2) is 12.4 Å². The van der Waals surface area contributed by atoms with Crippen molar-refractivity contribution in [1.29, 1.82) is 0 Å². The zero-order valence-electron chi connectivity index (χ0n) is 12.8. The Morgan fingerprint density at radius 1 is 1.40 bits per heavy atom. The maximum Gasteiger partial charge on any atom is 0.108 e. The van der Waals surface area contributed by atoms with E-state index in [9.17, 15) is 0 Å². The molecular weight excluding hydrogens is 268 g/mol. The van der Waals surface area contributed by atoms with Crippen molar-refractivity contribution in [3.63, 3.8) is 0 Å². The fourth-order valence-corrected chi connectivity index (χ4v) is 3.46. The molecule has 0 fully saturated rings. The summed E-state index contributed by atoms with van der Waals surface area (Å²) in [5, 5.41) is 4.81. The van der Waals surface area contributed by atoms with Gasteiger partial charge in [0.05, 0.1) is 10.7 Å². The number of imidazole rings is 1. The van der Waals surface area contributed by atoms with Crippen LogP contribution in [0.2, 0.25) is 0 Å². The van der Waals surface area contributed by atoms with Crippen molar-refractivity contribution in [2.45, 2.75) is 46.1 Å². The molecule has 2 aromatic heterocycles. The van der Waals surface area contributed by atoms with Gasteiger partial charge in [-0.25, -0.2) is 9.97 Å². The first-order valence-corrected chi connectivity index (χ1v) is 8.07. The van der Waals surface area contributed by atoms with Crippen molar-refractivity contribution < 1.29 is 0 Å². The van der Waals surface area contributed by atoms with Crippen molar-refractivity contribution in [2.24, 2.45) is 7.05 Å². The molecule has 2 rings (SSSR count). The Labute approximate surface area is 125 Å². The maximum atomic E-state index is 4.56. The Balaban J connectivity index is 2.07. The maximum absolute atomic E-state index is 4.56. The van der Waals surface area contributed by atoms with E-state index in [-0.39, 0.29) is 0 Å². The summed E-state index contributed by atoms with van der Waals surface area (Å²) in [6, 6.07) is 0.387. The average Bonchev–Trinajstić information content (AvgIpc) is 2.96. The zero-order valence-corrected chi connectivity index (χ0v) is 13.6. The van der Waals surface area contributed by atoms with Gasteiger partial charge in [-0.2, -0.15) is 0 Å².